The summed E-state index contributed by atoms with van der Waals surface area (Å²) >= 11 is 13.0. The van der Waals surface area contributed by atoms with Crippen LogP contribution in [0.25, 0.3) is 57.5 Å². The van der Waals surface area contributed by atoms with Crippen LogP contribution in [0, 0.1) is 0 Å². The Bertz CT molecular complexity index is 1610. The Morgan fingerprint density at radius 2 is 1.25 bits per heavy atom. The summed E-state index contributed by atoms with van der Waals surface area (Å²) in [5.41, 5.74) is 8.95. The van der Waals surface area contributed by atoms with Gasteiger partial charge < -0.3 is 9.97 Å². The maximum atomic E-state index is 6.63. The van der Waals surface area contributed by atoms with E-state index in [1.807, 2.05) is 78.9 Å². The Balaban J connectivity index is 1.74. The van der Waals surface area contributed by atoms with Crippen molar-refractivity contribution in [1.29, 1.82) is 0 Å². The van der Waals surface area contributed by atoms with E-state index in [1.54, 1.807) is 6.07 Å². The first-order chi connectivity index (χ1) is 15.6. The van der Waals surface area contributed by atoms with Gasteiger partial charge in [-0.3, -0.25) is 0 Å². The lowest BCUT2D eigenvalue weighted by molar-refractivity contribution is 1.31. The molecule has 0 amide bonds. The molecule has 0 saturated carbocycles. The minimum Gasteiger partial charge on any atom is -0.355 e. The van der Waals surface area contributed by atoms with Gasteiger partial charge in [0.15, 0.2) is 0 Å². The fourth-order valence-electron chi connectivity index (χ4n) is 3.99. The van der Waals surface area contributed by atoms with Gasteiger partial charge in [-0.1, -0.05) is 35.3 Å². The lowest BCUT2D eigenvalue weighted by Gasteiger charge is -2.07. The highest BCUT2D eigenvalue weighted by molar-refractivity contribution is 6.44. The molecule has 0 spiro atoms. The van der Waals surface area contributed by atoms with E-state index >= 15 is 0 Å². The molecule has 0 saturated heterocycles. The molecule has 0 aliphatic carbocycles. The third-order valence-electron chi connectivity index (χ3n) is 5.44. The minimum absolute atomic E-state index is 0.499. The number of hydrogen-bond donors (Lipinski definition) is 2. The molecule has 8 bridgehead atoms. The Kier molecular flexibility index (Phi) is 4.49. The quantitative estimate of drug-likeness (QED) is 0.268. The van der Waals surface area contributed by atoms with Crippen molar-refractivity contribution in [2.45, 2.75) is 0 Å². The van der Waals surface area contributed by atoms with Crippen LogP contribution in [0.4, 0.5) is 0 Å². The monoisotopic (exact) mass is 454 g/mol. The number of rotatable bonds is 1. The molecule has 1 aromatic carbocycles. The van der Waals surface area contributed by atoms with E-state index in [0.717, 1.165) is 56.0 Å². The highest BCUT2D eigenvalue weighted by atomic mass is 35.5. The van der Waals surface area contributed by atoms with Crippen LogP contribution in [0.3, 0.4) is 0 Å². The van der Waals surface area contributed by atoms with Crippen LogP contribution in [0.15, 0.2) is 60.7 Å². The van der Waals surface area contributed by atoms with Gasteiger partial charge in [0, 0.05) is 33.2 Å². The number of hydrogen-bond acceptors (Lipinski definition) is 2. The third kappa shape index (κ3) is 3.44. The molecular weight excluding hydrogens is 439 g/mol. The van der Waals surface area contributed by atoms with E-state index in [9.17, 15) is 0 Å². The molecule has 154 valence electrons. The van der Waals surface area contributed by atoms with Gasteiger partial charge in [0.25, 0.3) is 0 Å². The SMILES string of the molecule is Clc1cccc(-c2c3nc(cc4ccc(cc5nc(cc6ccc2[nH]6)C=C5)[nH]4)C=C3)c1Cl. The molecule has 0 unspecified atom stereocenters. The molecule has 2 N–H and O–H groups in total. The van der Waals surface area contributed by atoms with Crippen molar-refractivity contribution >= 4 is 69.6 Å². The molecule has 0 atom stereocenters. The maximum Gasteiger partial charge on any atom is 0.0737 e. The molecule has 4 aromatic rings. The molecule has 2 aliphatic rings. The zero-order valence-corrected chi connectivity index (χ0v) is 18.2. The summed E-state index contributed by atoms with van der Waals surface area (Å²) in [6, 6.07) is 19.8. The van der Waals surface area contributed by atoms with Crippen LogP contribution in [0.1, 0.15) is 22.8 Å². The fourth-order valence-corrected chi connectivity index (χ4v) is 4.38. The Morgan fingerprint density at radius 1 is 0.625 bits per heavy atom. The summed E-state index contributed by atoms with van der Waals surface area (Å²) in [5.74, 6) is 0. The second-order valence-electron chi connectivity index (χ2n) is 7.66. The highest BCUT2D eigenvalue weighted by Crippen LogP contribution is 2.37. The van der Waals surface area contributed by atoms with E-state index in [4.69, 9.17) is 33.2 Å². The van der Waals surface area contributed by atoms with E-state index in [2.05, 4.69) is 9.97 Å². The molecule has 32 heavy (non-hydrogen) atoms. The van der Waals surface area contributed by atoms with Crippen LogP contribution < -0.4 is 0 Å². The van der Waals surface area contributed by atoms with Gasteiger partial charge in [0.05, 0.1) is 32.8 Å². The molecule has 4 nitrogen and oxygen atoms in total. The largest absolute Gasteiger partial charge is 0.355 e. The van der Waals surface area contributed by atoms with E-state index in [-0.39, 0.29) is 0 Å². The molecule has 0 radical (unpaired) electrons. The topological polar surface area (TPSA) is 57.4 Å². The van der Waals surface area contributed by atoms with Crippen LogP contribution in [0.2, 0.25) is 10.0 Å². The average Bonchev–Trinajstić information content (AvgIpc) is 3.56. The lowest BCUT2D eigenvalue weighted by atomic mass is 10.0. The molecule has 6 heteroatoms. The van der Waals surface area contributed by atoms with Gasteiger partial charge in [-0.05, 0) is 72.8 Å². The number of benzene rings is 1. The second kappa shape index (κ2) is 7.52. The summed E-state index contributed by atoms with van der Waals surface area (Å²) in [5, 5.41) is 1.00. The Hall–Kier alpha value is -3.60. The number of H-pyrrole nitrogens is 2. The first-order valence-corrected chi connectivity index (χ1v) is 10.9. The molecule has 6 rings (SSSR count). The smallest absolute Gasteiger partial charge is 0.0737 e. The maximum absolute atomic E-state index is 6.63. The third-order valence-corrected chi connectivity index (χ3v) is 6.26. The van der Waals surface area contributed by atoms with Gasteiger partial charge in [-0.2, -0.15) is 0 Å². The standard InChI is InChI=1S/C26H16Cl2N4/c27-22-3-1-2-21(26(22)28)25-23-10-8-19(31-23)13-17-6-4-15(29-17)12-16-5-7-18(30-16)14-20-9-11-24(25)32-20/h1-14,29,32H. The first kappa shape index (κ1) is 19.1. The summed E-state index contributed by atoms with van der Waals surface area (Å²) in [6.07, 6.45) is 8.01. The van der Waals surface area contributed by atoms with Gasteiger partial charge in [0.2, 0.25) is 0 Å². The number of aromatic amines is 2. The van der Waals surface area contributed by atoms with E-state index < -0.39 is 0 Å². The molecular formula is C26H16Cl2N4. The van der Waals surface area contributed by atoms with Gasteiger partial charge in [-0.25, -0.2) is 9.97 Å². The molecule has 2 aliphatic heterocycles. The predicted molar refractivity (Wildman–Crippen MR) is 134 cm³/mol. The zero-order valence-electron chi connectivity index (χ0n) is 16.7. The van der Waals surface area contributed by atoms with Crippen LogP contribution in [-0.2, 0) is 0 Å². The highest BCUT2D eigenvalue weighted by Gasteiger charge is 2.15. The van der Waals surface area contributed by atoms with Crippen molar-refractivity contribution in [2.75, 3.05) is 0 Å². The van der Waals surface area contributed by atoms with Gasteiger partial charge in [0.1, 0.15) is 0 Å². The first-order valence-electron chi connectivity index (χ1n) is 10.1. The fraction of sp³-hybridized carbons (Fsp3) is 0. The number of fused-ring (bicyclic) bond motifs is 8. The normalized spacial score (nSPS) is 12.4. The number of halogens is 2. The average molecular weight is 455 g/mol. The zero-order chi connectivity index (χ0) is 21.7. The summed E-state index contributed by atoms with van der Waals surface area (Å²) < 4.78 is 0. The van der Waals surface area contributed by atoms with Crippen molar-refractivity contribution < 1.29 is 0 Å². The van der Waals surface area contributed by atoms with Crippen molar-refractivity contribution in [1.82, 2.24) is 19.9 Å². The summed E-state index contributed by atoms with van der Waals surface area (Å²) in [4.78, 5) is 16.5. The number of nitrogens with zero attached hydrogens (tertiary/aromatic N) is 2. The Morgan fingerprint density at radius 3 is 2.00 bits per heavy atom. The van der Waals surface area contributed by atoms with E-state index in [1.165, 1.54) is 0 Å². The van der Waals surface area contributed by atoms with Crippen molar-refractivity contribution in [2.24, 2.45) is 0 Å². The van der Waals surface area contributed by atoms with Crippen molar-refractivity contribution in [3.63, 3.8) is 0 Å². The number of nitrogens with one attached hydrogen (secondary N) is 2. The minimum atomic E-state index is 0.499. The van der Waals surface area contributed by atoms with Crippen LogP contribution in [0.5, 0.6) is 0 Å². The second-order valence-corrected chi connectivity index (χ2v) is 8.44. The summed E-state index contributed by atoms with van der Waals surface area (Å²) in [7, 11) is 0. The molecule has 0 fully saturated rings. The summed E-state index contributed by atoms with van der Waals surface area (Å²) in [6.45, 7) is 0. The van der Waals surface area contributed by atoms with Crippen molar-refractivity contribution in [3.05, 3.63) is 93.5 Å². The molecule has 5 heterocycles. The van der Waals surface area contributed by atoms with Gasteiger partial charge in [-0.15, -0.1) is 0 Å². The van der Waals surface area contributed by atoms with Crippen LogP contribution >= 0.6 is 23.2 Å². The molecule has 3 aromatic heterocycles. The van der Waals surface area contributed by atoms with Crippen molar-refractivity contribution in [3.8, 4) is 11.1 Å². The van der Waals surface area contributed by atoms with Gasteiger partial charge >= 0.3 is 0 Å². The number of aromatic nitrogens is 4. The Labute approximate surface area is 193 Å². The predicted octanol–water partition coefficient (Wildman–Crippen LogP) is 7.63. The van der Waals surface area contributed by atoms with Crippen LogP contribution in [-0.4, -0.2) is 19.9 Å². The van der Waals surface area contributed by atoms with E-state index in [0.29, 0.717) is 10.0 Å². The lowest BCUT2D eigenvalue weighted by Crippen LogP contribution is -1.87.